The summed E-state index contributed by atoms with van der Waals surface area (Å²) in [6, 6.07) is 49.5. The van der Waals surface area contributed by atoms with Gasteiger partial charge in [-0.25, -0.2) is 9.97 Å². The lowest BCUT2D eigenvalue weighted by Crippen LogP contribution is -2.11. The minimum absolute atomic E-state index is 0. The predicted octanol–water partition coefficient (Wildman–Crippen LogP) is 14.4. The Kier molecular flexibility index (Phi) is 17.0. The summed E-state index contributed by atoms with van der Waals surface area (Å²) >= 11 is 3.20. The van der Waals surface area contributed by atoms with E-state index < -0.39 is 11.9 Å². The van der Waals surface area contributed by atoms with Crippen LogP contribution in [0.5, 0.6) is 11.5 Å². The molecule has 0 aliphatic rings. The number of thiazole rings is 2. The zero-order valence-corrected chi connectivity index (χ0v) is 46.5. The van der Waals surface area contributed by atoms with Crippen molar-refractivity contribution in [3.05, 3.63) is 213 Å². The lowest BCUT2D eigenvalue weighted by Gasteiger charge is -2.19. The number of nitrogens with zero attached hydrogens (tertiary/aromatic N) is 4. The molecule has 10 rings (SSSR count). The molecule has 4 aromatic heterocycles. The van der Waals surface area contributed by atoms with Crippen LogP contribution in [0.2, 0.25) is 0 Å². The van der Waals surface area contributed by atoms with Gasteiger partial charge in [0.15, 0.2) is 0 Å². The fraction of sp³-hybridized carbons (Fsp3) is 0.250. The van der Waals surface area contributed by atoms with Crippen LogP contribution in [0.25, 0.3) is 42.9 Å². The van der Waals surface area contributed by atoms with E-state index >= 15 is 0 Å². The molecule has 0 unspecified atom stereocenters. The molecule has 4 N–H and O–H groups in total. The van der Waals surface area contributed by atoms with Gasteiger partial charge in [0.2, 0.25) is 0 Å². The third-order valence-corrected chi connectivity index (χ3v) is 15.6. The van der Waals surface area contributed by atoms with E-state index in [9.17, 15) is 19.8 Å². The minimum Gasteiger partial charge on any atom is -0.487 e. The maximum atomic E-state index is 11.7. The molecule has 0 spiro atoms. The van der Waals surface area contributed by atoms with Crippen LogP contribution in [0.15, 0.2) is 156 Å². The van der Waals surface area contributed by atoms with Crippen molar-refractivity contribution in [2.45, 2.75) is 105 Å². The second-order valence-corrected chi connectivity index (χ2v) is 23.0. The first kappa shape index (κ1) is 55.4. The van der Waals surface area contributed by atoms with Gasteiger partial charge in [0, 0.05) is 68.2 Å². The quantitative estimate of drug-likeness (QED) is 0.0967. The highest BCUT2D eigenvalue weighted by atomic mass is 32.1. The van der Waals surface area contributed by atoms with Crippen molar-refractivity contribution in [1.29, 1.82) is 0 Å². The number of aromatic nitrogens is 4. The number of hydrogen-bond donors (Lipinski definition) is 2. The third kappa shape index (κ3) is 13.2. The molecule has 0 aliphatic heterocycles. The van der Waals surface area contributed by atoms with Crippen molar-refractivity contribution in [3.63, 3.8) is 0 Å². The molecule has 77 heavy (non-hydrogen) atoms. The Hall–Kier alpha value is -7.84. The van der Waals surface area contributed by atoms with Gasteiger partial charge in [0.25, 0.3) is 0 Å². The number of rotatable bonds is 16. The molecule has 4 heterocycles. The van der Waals surface area contributed by atoms with Gasteiger partial charge in [0.1, 0.15) is 34.7 Å². The highest BCUT2D eigenvalue weighted by molar-refractivity contribution is 7.13. The second-order valence-electron chi connectivity index (χ2n) is 21.3. The molecular weight excluding hydrogens is 1000 g/mol. The van der Waals surface area contributed by atoms with Gasteiger partial charge in [-0.15, -0.1) is 22.7 Å². The maximum Gasteiger partial charge on any atom is 0.307 e. The first-order valence-electron chi connectivity index (χ1n) is 25.5. The van der Waals surface area contributed by atoms with Crippen molar-refractivity contribution in [3.8, 4) is 32.6 Å². The van der Waals surface area contributed by atoms with E-state index in [1.54, 1.807) is 22.7 Å². The van der Waals surface area contributed by atoms with E-state index in [1.807, 2.05) is 122 Å². The molecule has 0 bridgehead atoms. The number of carboxylic acids is 2. The summed E-state index contributed by atoms with van der Waals surface area (Å²) in [7, 11) is 0. The highest BCUT2D eigenvalue weighted by Gasteiger charge is 2.21. The monoisotopic (exact) mass is 1070 g/mol. The van der Waals surface area contributed by atoms with Crippen LogP contribution >= 0.6 is 22.7 Å². The van der Waals surface area contributed by atoms with Crippen molar-refractivity contribution in [2.24, 2.45) is 0 Å². The second kappa shape index (κ2) is 23.6. The molecule has 0 aliphatic carbocycles. The number of carbonyl (C=O) groups is 2. The Morgan fingerprint density at radius 1 is 0.519 bits per heavy atom. The molecular formula is C64H66N4O7S2. The zero-order chi connectivity index (χ0) is 53.7. The average Bonchev–Trinajstić information content (AvgIpc) is 4.22. The molecule has 0 radical (unpaired) electrons. The normalized spacial score (nSPS) is 11.5. The first-order chi connectivity index (χ1) is 36.4. The summed E-state index contributed by atoms with van der Waals surface area (Å²) in [5.41, 5.74) is 14.6. The van der Waals surface area contributed by atoms with Crippen molar-refractivity contribution < 1.29 is 34.8 Å². The van der Waals surface area contributed by atoms with Crippen LogP contribution in [0.1, 0.15) is 97.7 Å². The number of fused-ring (bicyclic) bond motifs is 2. The maximum absolute atomic E-state index is 11.7. The highest BCUT2D eigenvalue weighted by Crippen LogP contribution is 2.35. The number of aliphatic carboxylic acids is 2. The fourth-order valence-corrected chi connectivity index (χ4v) is 11.1. The van der Waals surface area contributed by atoms with E-state index in [4.69, 9.17) is 19.4 Å². The molecule has 0 saturated heterocycles. The Morgan fingerprint density at radius 2 is 0.883 bits per heavy atom. The summed E-state index contributed by atoms with van der Waals surface area (Å²) in [5, 5.41) is 27.0. The molecule has 11 nitrogen and oxygen atoms in total. The van der Waals surface area contributed by atoms with E-state index in [0.717, 1.165) is 76.9 Å². The van der Waals surface area contributed by atoms with Crippen LogP contribution in [0.3, 0.4) is 0 Å². The number of carboxylic acid groups (broad SMARTS) is 2. The SMILES string of the molecule is Cc1c(CC(=O)O)c2cc(OCc3csc(-c4ccccc4)n3)ccc2n1Cc1ccc(C(C)(C)C)cc1.Cc1c(CC(=O)O)c2cc(OCc3csc(-c4ccccc4)n3)ccc2n1Cc1ccc(C(C)(C)C)cc1.O. The van der Waals surface area contributed by atoms with Crippen LogP contribution in [-0.4, -0.2) is 46.7 Å². The lowest BCUT2D eigenvalue weighted by molar-refractivity contribution is -0.137. The molecule has 0 fully saturated rings. The fourth-order valence-electron chi connectivity index (χ4n) is 9.47. The summed E-state index contributed by atoms with van der Waals surface area (Å²) < 4.78 is 16.6. The van der Waals surface area contributed by atoms with Gasteiger partial charge in [0.05, 0.1) is 24.2 Å². The Balaban J connectivity index is 0.000000201. The molecule has 6 aromatic carbocycles. The van der Waals surface area contributed by atoms with Crippen LogP contribution < -0.4 is 9.47 Å². The van der Waals surface area contributed by atoms with Gasteiger partial charge in [-0.05, 0) is 94.5 Å². The van der Waals surface area contributed by atoms with Crippen molar-refractivity contribution in [2.75, 3.05) is 0 Å². The molecule has 10 aromatic rings. The van der Waals surface area contributed by atoms with Gasteiger partial charge in [-0.3, -0.25) is 9.59 Å². The van der Waals surface area contributed by atoms with Gasteiger partial charge in [-0.1, -0.05) is 151 Å². The van der Waals surface area contributed by atoms with Gasteiger partial charge in [-0.2, -0.15) is 0 Å². The molecule has 0 saturated carbocycles. The van der Waals surface area contributed by atoms with Crippen LogP contribution in [0, 0.1) is 13.8 Å². The lowest BCUT2D eigenvalue weighted by atomic mass is 9.87. The number of hydrogen-bond acceptors (Lipinski definition) is 8. The molecule has 396 valence electrons. The van der Waals surface area contributed by atoms with E-state index in [1.165, 1.54) is 22.3 Å². The summed E-state index contributed by atoms with van der Waals surface area (Å²) in [6.45, 7) is 19.3. The summed E-state index contributed by atoms with van der Waals surface area (Å²) in [5.74, 6) is -0.289. The molecule has 0 atom stereocenters. The largest absolute Gasteiger partial charge is 0.487 e. The standard InChI is InChI=1S/2C32H32N2O3S.H2O/c2*1-21-27(17-30(35)36)28-16-26(37-19-25-20-38-31(33-25)23-8-6-5-7-9-23)14-15-29(28)34(21)18-22-10-12-24(13-11-22)32(2,3)4;/h2*5-16,20H,17-19H2,1-4H3,(H,35,36);1H2. The van der Waals surface area contributed by atoms with Gasteiger partial charge >= 0.3 is 11.9 Å². The predicted molar refractivity (Wildman–Crippen MR) is 312 cm³/mol. The first-order valence-corrected chi connectivity index (χ1v) is 27.2. The van der Waals surface area contributed by atoms with Crippen molar-refractivity contribution in [1.82, 2.24) is 19.1 Å². The molecule has 0 amide bonds. The topological polar surface area (TPSA) is 160 Å². The van der Waals surface area contributed by atoms with Crippen LogP contribution in [-0.2, 0) is 59.6 Å². The number of ether oxygens (including phenoxy) is 2. The van der Waals surface area contributed by atoms with Crippen LogP contribution in [0.4, 0.5) is 0 Å². The van der Waals surface area contributed by atoms with Gasteiger partial charge < -0.3 is 34.3 Å². The summed E-state index contributed by atoms with van der Waals surface area (Å²) in [4.78, 5) is 32.9. The average molecular weight is 1070 g/mol. The minimum atomic E-state index is -0.844. The van der Waals surface area contributed by atoms with E-state index in [2.05, 4.69) is 99.2 Å². The van der Waals surface area contributed by atoms with Crippen molar-refractivity contribution >= 4 is 56.4 Å². The molecule has 13 heteroatoms. The summed E-state index contributed by atoms with van der Waals surface area (Å²) in [6.07, 6.45) is -0.0669. The Labute approximate surface area is 458 Å². The zero-order valence-electron chi connectivity index (χ0n) is 44.9. The Bertz CT molecular complexity index is 3400. The van der Waals surface area contributed by atoms with E-state index in [0.29, 0.717) is 37.8 Å². The third-order valence-electron chi connectivity index (χ3n) is 13.7. The Morgan fingerprint density at radius 3 is 1.22 bits per heavy atom. The smallest absolute Gasteiger partial charge is 0.307 e. The van der Waals surface area contributed by atoms with E-state index in [-0.39, 0.29) is 29.1 Å². The number of benzene rings is 6.